The SMILES string of the molecule is Cc1ccc(C)c(-c2c3ccc(-c4ccc(F)cc4)cc3cc[n+]2C)c1. The molecule has 4 aromatic rings. The average molecular weight is 342 g/mol. The zero-order chi connectivity index (χ0) is 18.3. The largest absolute Gasteiger partial charge is 0.220 e. The molecule has 0 saturated carbocycles. The van der Waals surface area contributed by atoms with Crippen LogP contribution in [0.15, 0.2) is 72.9 Å². The topological polar surface area (TPSA) is 3.88 Å². The van der Waals surface area contributed by atoms with E-state index in [0.29, 0.717) is 0 Å². The molecule has 0 unspecified atom stereocenters. The third kappa shape index (κ3) is 2.88. The molecule has 1 nitrogen and oxygen atoms in total. The molecule has 0 aliphatic heterocycles. The summed E-state index contributed by atoms with van der Waals surface area (Å²) in [6.07, 6.45) is 2.11. The van der Waals surface area contributed by atoms with E-state index in [0.717, 1.165) is 11.1 Å². The first-order chi connectivity index (χ1) is 12.5. The van der Waals surface area contributed by atoms with Crippen molar-refractivity contribution in [1.29, 1.82) is 0 Å². The lowest BCUT2D eigenvalue weighted by Gasteiger charge is -2.10. The van der Waals surface area contributed by atoms with Crippen molar-refractivity contribution >= 4 is 10.8 Å². The molecule has 0 aliphatic rings. The monoisotopic (exact) mass is 342 g/mol. The van der Waals surface area contributed by atoms with Gasteiger partial charge in [-0.15, -0.1) is 0 Å². The Morgan fingerprint density at radius 3 is 2.27 bits per heavy atom. The summed E-state index contributed by atoms with van der Waals surface area (Å²) in [6.45, 7) is 4.28. The molecule has 2 heteroatoms. The number of rotatable bonds is 2. The van der Waals surface area contributed by atoms with Crippen molar-refractivity contribution in [2.24, 2.45) is 7.05 Å². The first-order valence-electron chi connectivity index (χ1n) is 8.79. The van der Waals surface area contributed by atoms with Crippen LogP contribution in [0, 0.1) is 19.7 Å². The molecule has 0 aliphatic carbocycles. The minimum atomic E-state index is -0.209. The Balaban J connectivity index is 1.93. The maximum Gasteiger partial charge on any atom is 0.220 e. The van der Waals surface area contributed by atoms with E-state index in [1.54, 1.807) is 0 Å². The summed E-state index contributed by atoms with van der Waals surface area (Å²) in [5, 5.41) is 2.40. The van der Waals surface area contributed by atoms with Crippen LogP contribution >= 0.6 is 0 Å². The van der Waals surface area contributed by atoms with Gasteiger partial charge in [0.15, 0.2) is 6.20 Å². The summed E-state index contributed by atoms with van der Waals surface area (Å²) < 4.78 is 15.4. The Morgan fingerprint density at radius 1 is 0.769 bits per heavy atom. The van der Waals surface area contributed by atoms with E-state index in [2.05, 4.69) is 74.1 Å². The van der Waals surface area contributed by atoms with Crippen molar-refractivity contribution in [3.63, 3.8) is 0 Å². The third-order valence-corrected chi connectivity index (χ3v) is 4.96. The van der Waals surface area contributed by atoms with Crippen molar-refractivity contribution in [2.45, 2.75) is 13.8 Å². The highest BCUT2D eigenvalue weighted by molar-refractivity contribution is 5.96. The van der Waals surface area contributed by atoms with Gasteiger partial charge in [-0.25, -0.2) is 8.96 Å². The summed E-state index contributed by atoms with van der Waals surface area (Å²) in [5.41, 5.74) is 7.11. The number of hydrogen-bond acceptors (Lipinski definition) is 0. The second-order valence-corrected chi connectivity index (χ2v) is 6.90. The molecule has 128 valence electrons. The molecule has 0 N–H and O–H groups in total. The molecule has 0 bridgehead atoms. The number of aromatic nitrogens is 1. The van der Waals surface area contributed by atoms with E-state index in [9.17, 15) is 4.39 Å². The van der Waals surface area contributed by atoms with E-state index in [1.807, 2.05) is 12.1 Å². The predicted octanol–water partition coefficient (Wildman–Crippen LogP) is 5.75. The van der Waals surface area contributed by atoms with E-state index >= 15 is 0 Å². The third-order valence-electron chi connectivity index (χ3n) is 4.96. The van der Waals surface area contributed by atoms with Gasteiger partial charge in [-0.2, -0.15) is 0 Å². The van der Waals surface area contributed by atoms with Gasteiger partial charge < -0.3 is 0 Å². The van der Waals surface area contributed by atoms with Crippen molar-refractivity contribution in [1.82, 2.24) is 0 Å². The Labute approximate surface area is 153 Å². The van der Waals surface area contributed by atoms with E-state index < -0.39 is 0 Å². The summed E-state index contributed by atoms with van der Waals surface area (Å²) in [6, 6.07) is 21.8. The second-order valence-electron chi connectivity index (χ2n) is 6.90. The molecule has 0 saturated heterocycles. The molecule has 0 radical (unpaired) electrons. The van der Waals surface area contributed by atoms with E-state index in [1.165, 1.54) is 45.3 Å². The van der Waals surface area contributed by atoms with Crippen molar-refractivity contribution < 1.29 is 8.96 Å². The van der Waals surface area contributed by atoms with Crippen LogP contribution in [0.1, 0.15) is 11.1 Å². The van der Waals surface area contributed by atoms with Gasteiger partial charge in [0.2, 0.25) is 5.69 Å². The van der Waals surface area contributed by atoms with Crippen molar-refractivity contribution in [2.75, 3.05) is 0 Å². The van der Waals surface area contributed by atoms with Crippen LogP contribution in [0.2, 0.25) is 0 Å². The smallest absolute Gasteiger partial charge is 0.207 e. The Kier molecular flexibility index (Phi) is 4.04. The van der Waals surface area contributed by atoms with Gasteiger partial charge >= 0.3 is 0 Å². The number of benzene rings is 3. The highest BCUT2D eigenvalue weighted by Gasteiger charge is 2.17. The fraction of sp³-hybridized carbons (Fsp3) is 0.125. The molecule has 26 heavy (non-hydrogen) atoms. The highest BCUT2D eigenvalue weighted by atomic mass is 19.1. The van der Waals surface area contributed by atoms with Gasteiger partial charge in [0, 0.05) is 11.6 Å². The molecule has 1 aromatic heterocycles. The summed E-state index contributed by atoms with van der Waals surface area (Å²) in [4.78, 5) is 0. The zero-order valence-electron chi connectivity index (χ0n) is 15.3. The number of halogens is 1. The molecule has 0 atom stereocenters. The molecule has 3 aromatic carbocycles. The molecule has 0 fully saturated rings. The normalized spacial score (nSPS) is 11.1. The summed E-state index contributed by atoms with van der Waals surface area (Å²) in [7, 11) is 2.09. The minimum absolute atomic E-state index is 0.209. The molecule has 0 spiro atoms. The zero-order valence-corrected chi connectivity index (χ0v) is 15.3. The minimum Gasteiger partial charge on any atom is -0.207 e. The number of hydrogen-bond donors (Lipinski definition) is 0. The molecule has 4 rings (SSSR count). The van der Waals surface area contributed by atoms with Crippen LogP contribution in [0.4, 0.5) is 4.39 Å². The van der Waals surface area contributed by atoms with Gasteiger partial charge in [-0.05, 0) is 66.3 Å². The Hall–Kier alpha value is -3.00. The fourth-order valence-corrected chi connectivity index (χ4v) is 3.52. The first kappa shape index (κ1) is 16.5. The van der Waals surface area contributed by atoms with E-state index in [-0.39, 0.29) is 5.82 Å². The number of nitrogens with zero attached hydrogens (tertiary/aromatic N) is 1. The molecule has 1 heterocycles. The lowest BCUT2D eigenvalue weighted by Crippen LogP contribution is -2.30. The van der Waals surface area contributed by atoms with Gasteiger partial charge in [-0.1, -0.05) is 35.9 Å². The van der Waals surface area contributed by atoms with Crippen LogP contribution in [0.5, 0.6) is 0 Å². The molecule has 0 amide bonds. The van der Waals surface area contributed by atoms with Gasteiger partial charge in [0.05, 0.1) is 5.39 Å². The van der Waals surface area contributed by atoms with Crippen molar-refractivity contribution in [3.05, 3.63) is 89.9 Å². The number of aryl methyl sites for hydroxylation is 3. The molecular weight excluding hydrogens is 321 g/mol. The summed E-state index contributed by atoms with van der Waals surface area (Å²) >= 11 is 0. The Morgan fingerprint density at radius 2 is 1.50 bits per heavy atom. The van der Waals surface area contributed by atoms with Gasteiger partial charge in [0.25, 0.3) is 0 Å². The lowest BCUT2D eigenvalue weighted by molar-refractivity contribution is -0.659. The summed E-state index contributed by atoms with van der Waals surface area (Å²) in [5.74, 6) is -0.209. The quantitative estimate of drug-likeness (QED) is 0.408. The second kappa shape index (κ2) is 6.38. The van der Waals surface area contributed by atoms with Crippen molar-refractivity contribution in [3.8, 4) is 22.4 Å². The maximum atomic E-state index is 13.2. The lowest BCUT2D eigenvalue weighted by atomic mass is 9.95. The number of fused-ring (bicyclic) bond motifs is 1. The fourth-order valence-electron chi connectivity index (χ4n) is 3.52. The number of pyridine rings is 1. The van der Waals surface area contributed by atoms with Crippen LogP contribution in [0.3, 0.4) is 0 Å². The van der Waals surface area contributed by atoms with Crippen LogP contribution < -0.4 is 4.57 Å². The van der Waals surface area contributed by atoms with Crippen LogP contribution in [-0.4, -0.2) is 0 Å². The predicted molar refractivity (Wildman–Crippen MR) is 105 cm³/mol. The van der Waals surface area contributed by atoms with E-state index in [4.69, 9.17) is 0 Å². The standard InChI is InChI=1S/C24H21FN/c1-16-4-5-17(2)23(14-16)24-22-11-8-19(15-20(22)12-13-26(24)3)18-6-9-21(25)10-7-18/h4-15H,1-3H3/q+1. The van der Waals surface area contributed by atoms with Crippen LogP contribution in [0.25, 0.3) is 33.2 Å². The maximum absolute atomic E-state index is 13.2. The highest BCUT2D eigenvalue weighted by Crippen LogP contribution is 2.31. The average Bonchev–Trinajstić information content (AvgIpc) is 2.64. The van der Waals surface area contributed by atoms with Crippen LogP contribution in [-0.2, 0) is 7.05 Å². The first-order valence-corrected chi connectivity index (χ1v) is 8.79. The van der Waals surface area contributed by atoms with Gasteiger partial charge in [-0.3, -0.25) is 0 Å². The Bertz CT molecular complexity index is 1110. The van der Waals surface area contributed by atoms with Gasteiger partial charge in [0.1, 0.15) is 12.9 Å². The molecular formula is C24H21FN+.